The van der Waals surface area contributed by atoms with Crippen molar-refractivity contribution in [2.45, 2.75) is 10.9 Å². The van der Waals surface area contributed by atoms with E-state index in [9.17, 15) is 4.79 Å². The van der Waals surface area contributed by atoms with Gasteiger partial charge in [-0.3, -0.25) is 4.79 Å². The molecule has 0 aromatic heterocycles. The van der Waals surface area contributed by atoms with E-state index in [2.05, 4.69) is 28.1 Å². The van der Waals surface area contributed by atoms with Crippen LogP contribution in [-0.2, 0) is 4.79 Å². The molecule has 16 heavy (non-hydrogen) atoms. The van der Waals surface area contributed by atoms with Crippen molar-refractivity contribution in [3.05, 3.63) is 18.2 Å². The number of nitrogens with one attached hydrogen (secondary N) is 3. The minimum atomic E-state index is 0.0833. The summed E-state index contributed by atoms with van der Waals surface area (Å²) in [6, 6.07) is 6.66. The Bertz CT molecular complexity index is 431. The molecule has 0 aliphatic carbocycles. The SMILES string of the molecule is O=C1CSc2ccc(NC3CNC3)cc2N1. The molecule has 3 rings (SSSR count). The van der Waals surface area contributed by atoms with Gasteiger partial charge in [0, 0.05) is 23.7 Å². The van der Waals surface area contributed by atoms with E-state index < -0.39 is 0 Å². The Hall–Kier alpha value is -1.20. The predicted molar refractivity (Wildman–Crippen MR) is 66.1 cm³/mol. The number of thioether (sulfide) groups is 1. The molecule has 0 saturated carbocycles. The van der Waals surface area contributed by atoms with Crippen LogP contribution in [0.3, 0.4) is 0 Å². The highest BCUT2D eigenvalue weighted by Crippen LogP contribution is 2.33. The van der Waals surface area contributed by atoms with Crippen molar-refractivity contribution in [2.24, 2.45) is 0 Å². The molecule has 2 aliphatic heterocycles. The summed E-state index contributed by atoms with van der Waals surface area (Å²) < 4.78 is 0. The Morgan fingerprint density at radius 3 is 3.00 bits per heavy atom. The number of rotatable bonds is 2. The molecule has 1 fully saturated rings. The van der Waals surface area contributed by atoms with Crippen molar-refractivity contribution >= 4 is 29.0 Å². The third-order valence-electron chi connectivity index (χ3n) is 2.76. The zero-order valence-corrected chi connectivity index (χ0v) is 9.56. The maximum absolute atomic E-state index is 11.3. The van der Waals surface area contributed by atoms with Crippen LogP contribution >= 0.6 is 11.8 Å². The first-order chi connectivity index (χ1) is 7.81. The van der Waals surface area contributed by atoms with Crippen molar-refractivity contribution in [2.75, 3.05) is 29.5 Å². The summed E-state index contributed by atoms with van der Waals surface area (Å²) in [4.78, 5) is 12.4. The van der Waals surface area contributed by atoms with Gasteiger partial charge in [0.1, 0.15) is 0 Å². The zero-order chi connectivity index (χ0) is 11.0. The van der Waals surface area contributed by atoms with Crippen LogP contribution in [0.1, 0.15) is 0 Å². The normalized spacial score (nSPS) is 19.6. The van der Waals surface area contributed by atoms with Crippen LogP contribution in [0, 0.1) is 0 Å². The van der Waals surface area contributed by atoms with Crippen molar-refractivity contribution in [3.63, 3.8) is 0 Å². The van der Waals surface area contributed by atoms with Crippen molar-refractivity contribution in [1.29, 1.82) is 0 Å². The van der Waals surface area contributed by atoms with Gasteiger partial charge in [0.25, 0.3) is 0 Å². The van der Waals surface area contributed by atoms with Crippen LogP contribution < -0.4 is 16.0 Å². The Morgan fingerprint density at radius 2 is 2.25 bits per heavy atom. The summed E-state index contributed by atoms with van der Waals surface area (Å²) in [7, 11) is 0. The first-order valence-corrected chi connectivity index (χ1v) is 6.34. The third kappa shape index (κ3) is 1.88. The van der Waals surface area contributed by atoms with Gasteiger partial charge in [0.15, 0.2) is 0 Å². The second-order valence-electron chi connectivity index (χ2n) is 4.05. The maximum atomic E-state index is 11.3. The number of carbonyl (C=O) groups excluding carboxylic acids is 1. The molecule has 1 aromatic rings. The van der Waals surface area contributed by atoms with Gasteiger partial charge in [0.2, 0.25) is 5.91 Å². The van der Waals surface area contributed by atoms with Crippen LogP contribution in [-0.4, -0.2) is 30.8 Å². The molecule has 2 aliphatic rings. The number of benzene rings is 1. The molecule has 5 heteroatoms. The highest BCUT2D eigenvalue weighted by atomic mass is 32.2. The summed E-state index contributed by atoms with van der Waals surface area (Å²) in [5.74, 6) is 0.603. The molecule has 4 nitrogen and oxygen atoms in total. The lowest BCUT2D eigenvalue weighted by molar-refractivity contribution is -0.113. The van der Waals surface area contributed by atoms with E-state index in [4.69, 9.17) is 0 Å². The van der Waals surface area contributed by atoms with Crippen molar-refractivity contribution < 1.29 is 4.79 Å². The molecule has 0 bridgehead atoms. The maximum Gasteiger partial charge on any atom is 0.234 e. The molecule has 2 heterocycles. The van der Waals surface area contributed by atoms with E-state index >= 15 is 0 Å². The van der Waals surface area contributed by atoms with E-state index in [-0.39, 0.29) is 5.91 Å². The molecule has 84 valence electrons. The predicted octanol–water partition coefficient (Wildman–Crippen LogP) is 1.11. The monoisotopic (exact) mass is 235 g/mol. The van der Waals surface area contributed by atoms with Gasteiger partial charge in [-0.15, -0.1) is 11.8 Å². The second-order valence-corrected chi connectivity index (χ2v) is 5.06. The fourth-order valence-electron chi connectivity index (χ4n) is 1.80. The van der Waals surface area contributed by atoms with Gasteiger partial charge < -0.3 is 16.0 Å². The highest BCUT2D eigenvalue weighted by molar-refractivity contribution is 8.00. The summed E-state index contributed by atoms with van der Waals surface area (Å²) in [6.07, 6.45) is 0. The summed E-state index contributed by atoms with van der Waals surface area (Å²) >= 11 is 1.59. The Labute approximate surface area is 98.2 Å². The van der Waals surface area contributed by atoms with Gasteiger partial charge in [-0.05, 0) is 18.2 Å². The van der Waals surface area contributed by atoms with Gasteiger partial charge in [0.05, 0.1) is 17.5 Å². The number of hydrogen-bond donors (Lipinski definition) is 3. The molecule has 1 aromatic carbocycles. The largest absolute Gasteiger partial charge is 0.380 e. The topological polar surface area (TPSA) is 53.2 Å². The van der Waals surface area contributed by atoms with Crippen molar-refractivity contribution in [3.8, 4) is 0 Å². The molecule has 1 amide bonds. The quantitative estimate of drug-likeness (QED) is 0.719. The fraction of sp³-hybridized carbons (Fsp3) is 0.364. The number of amides is 1. The Balaban J connectivity index is 1.80. The van der Waals surface area contributed by atoms with Crippen LogP contribution in [0.4, 0.5) is 11.4 Å². The lowest BCUT2D eigenvalue weighted by atomic mass is 10.1. The summed E-state index contributed by atoms with van der Waals surface area (Å²) in [5.41, 5.74) is 2.01. The van der Waals surface area contributed by atoms with E-state index in [1.54, 1.807) is 11.8 Å². The molecule has 0 radical (unpaired) electrons. The van der Waals surface area contributed by atoms with Crippen LogP contribution in [0.15, 0.2) is 23.1 Å². The number of hydrogen-bond acceptors (Lipinski definition) is 4. The van der Waals surface area contributed by atoms with Gasteiger partial charge in [-0.25, -0.2) is 0 Å². The first kappa shape index (κ1) is 9.99. The number of carbonyl (C=O) groups is 1. The number of fused-ring (bicyclic) bond motifs is 1. The van der Waals surface area contributed by atoms with Gasteiger partial charge in [-0.1, -0.05) is 0 Å². The molecule has 3 N–H and O–H groups in total. The van der Waals surface area contributed by atoms with Crippen molar-refractivity contribution in [1.82, 2.24) is 5.32 Å². The fourth-order valence-corrected chi connectivity index (χ4v) is 2.59. The minimum absolute atomic E-state index is 0.0833. The Morgan fingerprint density at radius 1 is 1.38 bits per heavy atom. The van der Waals surface area contributed by atoms with E-state index in [0.717, 1.165) is 29.4 Å². The highest BCUT2D eigenvalue weighted by Gasteiger charge is 2.18. The smallest absolute Gasteiger partial charge is 0.234 e. The molecule has 0 atom stereocenters. The van der Waals surface area contributed by atoms with E-state index in [0.29, 0.717) is 11.8 Å². The zero-order valence-electron chi connectivity index (χ0n) is 8.75. The molecule has 0 unspecified atom stereocenters. The third-order valence-corrected chi connectivity index (χ3v) is 3.84. The molecular weight excluding hydrogens is 222 g/mol. The molecular formula is C11H13N3OS. The van der Waals surface area contributed by atoms with Gasteiger partial charge in [-0.2, -0.15) is 0 Å². The van der Waals surface area contributed by atoms with E-state index in [1.807, 2.05) is 6.07 Å². The standard InChI is InChI=1S/C11H13N3OS/c15-11-6-16-10-2-1-7(3-9(10)14-11)13-8-4-12-5-8/h1-3,8,12-13H,4-6H2,(H,14,15). The average molecular weight is 235 g/mol. The molecule has 0 spiro atoms. The second kappa shape index (κ2) is 3.99. The average Bonchev–Trinajstić information content (AvgIpc) is 2.23. The minimum Gasteiger partial charge on any atom is -0.380 e. The Kier molecular flexibility index (Phi) is 2.49. The summed E-state index contributed by atoms with van der Waals surface area (Å²) in [5, 5.41) is 9.53. The lowest BCUT2D eigenvalue weighted by Gasteiger charge is -2.29. The first-order valence-electron chi connectivity index (χ1n) is 5.35. The van der Waals surface area contributed by atoms with Crippen LogP contribution in [0.5, 0.6) is 0 Å². The van der Waals surface area contributed by atoms with Gasteiger partial charge >= 0.3 is 0 Å². The van der Waals surface area contributed by atoms with Crippen LogP contribution in [0.25, 0.3) is 0 Å². The number of anilines is 2. The molecule has 1 saturated heterocycles. The van der Waals surface area contributed by atoms with E-state index in [1.165, 1.54) is 0 Å². The lowest BCUT2D eigenvalue weighted by Crippen LogP contribution is -2.51. The summed E-state index contributed by atoms with van der Waals surface area (Å²) in [6.45, 7) is 2.02. The van der Waals surface area contributed by atoms with Crippen LogP contribution in [0.2, 0.25) is 0 Å².